The molecule has 2 aromatic rings. The van der Waals surface area contributed by atoms with E-state index in [0.29, 0.717) is 22.3 Å². The number of furan rings is 1. The van der Waals surface area contributed by atoms with E-state index in [2.05, 4.69) is 5.32 Å². The van der Waals surface area contributed by atoms with Gasteiger partial charge in [0.15, 0.2) is 0 Å². The number of nitrogens with one attached hydrogen (secondary N) is 1. The van der Waals surface area contributed by atoms with Gasteiger partial charge < -0.3 is 15.5 Å². The summed E-state index contributed by atoms with van der Waals surface area (Å²) in [4.78, 5) is 12.5. The quantitative estimate of drug-likeness (QED) is 0.817. The van der Waals surface area contributed by atoms with Crippen molar-refractivity contribution in [1.82, 2.24) is 5.32 Å². The molecule has 6 heteroatoms. The minimum Gasteiger partial charge on any atom is -0.467 e. The van der Waals surface area contributed by atoms with Gasteiger partial charge in [0.25, 0.3) is 5.91 Å². The fourth-order valence-corrected chi connectivity index (χ4v) is 3.39. The molecule has 24 heavy (non-hydrogen) atoms. The van der Waals surface area contributed by atoms with E-state index in [-0.39, 0.29) is 30.9 Å². The van der Waals surface area contributed by atoms with E-state index < -0.39 is 0 Å². The van der Waals surface area contributed by atoms with Crippen LogP contribution in [0.5, 0.6) is 0 Å². The fourth-order valence-electron chi connectivity index (χ4n) is 3.27. The third kappa shape index (κ3) is 4.32. The van der Waals surface area contributed by atoms with Gasteiger partial charge in [0, 0.05) is 5.02 Å². The Morgan fingerprint density at radius 1 is 1.29 bits per heavy atom. The molecule has 0 radical (unpaired) electrons. The highest BCUT2D eigenvalue weighted by molar-refractivity contribution is 6.30. The average molecular weight is 369 g/mol. The van der Waals surface area contributed by atoms with Gasteiger partial charge in [-0.1, -0.05) is 36.6 Å². The third-order valence-electron chi connectivity index (χ3n) is 4.50. The van der Waals surface area contributed by atoms with Crippen LogP contribution in [0.3, 0.4) is 0 Å². The first-order valence-electron chi connectivity index (χ1n) is 8.01. The molecule has 130 valence electrons. The zero-order valence-electron chi connectivity index (χ0n) is 13.3. The van der Waals surface area contributed by atoms with Crippen molar-refractivity contribution in [3.63, 3.8) is 0 Å². The van der Waals surface area contributed by atoms with Gasteiger partial charge in [0.05, 0.1) is 18.2 Å². The van der Waals surface area contributed by atoms with Crippen molar-refractivity contribution in [2.24, 2.45) is 11.7 Å². The van der Waals surface area contributed by atoms with Crippen LogP contribution in [0, 0.1) is 5.92 Å². The number of nitrogens with two attached hydrogens (primary N) is 1. The molecule has 1 unspecified atom stereocenters. The first-order chi connectivity index (χ1) is 11.2. The molecule has 0 bridgehead atoms. The lowest BCUT2D eigenvalue weighted by atomic mass is 9.91. The van der Waals surface area contributed by atoms with E-state index in [9.17, 15) is 4.79 Å². The molecule has 1 aliphatic carbocycles. The summed E-state index contributed by atoms with van der Waals surface area (Å²) in [5.41, 5.74) is 7.14. The van der Waals surface area contributed by atoms with Crippen molar-refractivity contribution in [2.45, 2.75) is 38.3 Å². The molecule has 1 heterocycles. The Labute approximate surface area is 153 Å². The summed E-state index contributed by atoms with van der Waals surface area (Å²) >= 11 is 5.98. The predicted molar refractivity (Wildman–Crippen MR) is 97.5 cm³/mol. The molecule has 1 amide bonds. The smallest absolute Gasteiger partial charge is 0.255 e. The van der Waals surface area contributed by atoms with Crippen molar-refractivity contribution in [3.05, 3.63) is 58.5 Å². The molecule has 1 aromatic carbocycles. The normalized spacial score (nSPS) is 15.8. The highest BCUT2D eigenvalue weighted by atomic mass is 35.5. The molecule has 1 saturated carbocycles. The molecule has 0 aliphatic heterocycles. The van der Waals surface area contributed by atoms with Crippen LogP contribution in [0.2, 0.25) is 5.02 Å². The van der Waals surface area contributed by atoms with Gasteiger partial charge in [-0.2, -0.15) is 0 Å². The molecule has 1 aliphatic rings. The van der Waals surface area contributed by atoms with Crippen LogP contribution in [-0.2, 0) is 6.54 Å². The number of carbonyl (C=O) groups is 1. The lowest BCUT2D eigenvalue weighted by Gasteiger charge is -2.25. The Bertz CT molecular complexity index is 664. The Kier molecular flexibility index (Phi) is 6.72. The van der Waals surface area contributed by atoms with Crippen LogP contribution in [0.25, 0.3) is 0 Å². The summed E-state index contributed by atoms with van der Waals surface area (Å²) in [6.07, 6.45) is 6.16. The first-order valence-corrected chi connectivity index (χ1v) is 8.39. The molecule has 3 rings (SSSR count). The Hall–Kier alpha value is -1.49. The molecule has 3 N–H and O–H groups in total. The lowest BCUT2D eigenvalue weighted by molar-refractivity contribution is 0.0921. The van der Waals surface area contributed by atoms with Gasteiger partial charge in [-0.25, -0.2) is 0 Å². The number of carbonyl (C=O) groups excluding carboxylic acids is 1. The summed E-state index contributed by atoms with van der Waals surface area (Å²) in [5.74, 6) is 0.945. The molecule has 4 nitrogen and oxygen atoms in total. The van der Waals surface area contributed by atoms with Crippen LogP contribution in [0.1, 0.15) is 53.4 Å². The first kappa shape index (κ1) is 18.8. The number of amides is 1. The molecule has 1 fully saturated rings. The maximum absolute atomic E-state index is 12.5. The summed E-state index contributed by atoms with van der Waals surface area (Å²) < 4.78 is 5.26. The number of rotatable bonds is 5. The minimum atomic E-state index is -0.125. The molecule has 0 saturated heterocycles. The van der Waals surface area contributed by atoms with Gasteiger partial charge in [-0.05, 0) is 42.5 Å². The highest BCUT2D eigenvalue weighted by Crippen LogP contribution is 2.36. The maximum Gasteiger partial charge on any atom is 0.255 e. The molecule has 1 atom stereocenters. The van der Waals surface area contributed by atoms with Gasteiger partial charge in [0.2, 0.25) is 0 Å². The van der Waals surface area contributed by atoms with E-state index in [1.807, 2.05) is 24.3 Å². The zero-order chi connectivity index (χ0) is 16.2. The Morgan fingerprint density at radius 3 is 2.54 bits per heavy atom. The largest absolute Gasteiger partial charge is 0.467 e. The summed E-state index contributed by atoms with van der Waals surface area (Å²) in [7, 11) is 0. The Balaban J connectivity index is 0.00000208. The number of hydrogen-bond donors (Lipinski definition) is 2. The molecular weight excluding hydrogens is 347 g/mol. The zero-order valence-corrected chi connectivity index (χ0v) is 14.9. The minimum absolute atomic E-state index is 0. The van der Waals surface area contributed by atoms with Gasteiger partial charge in [-0.3, -0.25) is 4.79 Å². The summed E-state index contributed by atoms with van der Waals surface area (Å²) in [6.45, 7) is 0.288. The van der Waals surface area contributed by atoms with Crippen molar-refractivity contribution < 1.29 is 9.21 Å². The SMILES string of the molecule is Cl.NCc1cc(C(=O)NC(c2ccc(Cl)cc2)C2CCCC2)co1. The second kappa shape index (κ2) is 8.56. The van der Waals surface area contributed by atoms with Crippen LogP contribution >= 0.6 is 24.0 Å². The maximum atomic E-state index is 12.5. The average Bonchev–Trinajstić information content (AvgIpc) is 3.25. The predicted octanol–water partition coefficient (Wildman–Crippen LogP) is 4.47. The van der Waals surface area contributed by atoms with Crippen LogP contribution < -0.4 is 11.1 Å². The topological polar surface area (TPSA) is 68.3 Å². The van der Waals surface area contributed by atoms with Crippen molar-refractivity contribution in [1.29, 1.82) is 0 Å². The van der Waals surface area contributed by atoms with E-state index in [0.717, 1.165) is 18.4 Å². The number of benzene rings is 1. The van der Waals surface area contributed by atoms with Crippen LogP contribution in [0.15, 0.2) is 41.0 Å². The molecular formula is C18H22Cl2N2O2. The fraction of sp³-hybridized carbons (Fsp3) is 0.389. The van der Waals surface area contributed by atoms with Crippen molar-refractivity contribution >= 4 is 29.9 Å². The second-order valence-electron chi connectivity index (χ2n) is 6.05. The van der Waals surface area contributed by atoms with Gasteiger partial charge >= 0.3 is 0 Å². The summed E-state index contributed by atoms with van der Waals surface area (Å²) in [5, 5.41) is 3.87. The third-order valence-corrected chi connectivity index (χ3v) is 4.76. The highest BCUT2D eigenvalue weighted by Gasteiger charge is 2.28. The van der Waals surface area contributed by atoms with Crippen molar-refractivity contribution in [2.75, 3.05) is 0 Å². The molecule has 1 aromatic heterocycles. The van der Waals surface area contributed by atoms with Crippen LogP contribution in [0.4, 0.5) is 0 Å². The monoisotopic (exact) mass is 368 g/mol. The van der Waals surface area contributed by atoms with E-state index in [4.69, 9.17) is 21.8 Å². The van der Waals surface area contributed by atoms with E-state index >= 15 is 0 Å². The second-order valence-corrected chi connectivity index (χ2v) is 6.49. The van der Waals surface area contributed by atoms with Gasteiger partial charge in [-0.15, -0.1) is 12.4 Å². The molecule has 0 spiro atoms. The van der Waals surface area contributed by atoms with Gasteiger partial charge in [0.1, 0.15) is 12.0 Å². The number of hydrogen-bond acceptors (Lipinski definition) is 3. The van der Waals surface area contributed by atoms with E-state index in [1.54, 1.807) is 6.07 Å². The van der Waals surface area contributed by atoms with Crippen LogP contribution in [-0.4, -0.2) is 5.91 Å². The number of halogens is 2. The van der Waals surface area contributed by atoms with Crippen molar-refractivity contribution in [3.8, 4) is 0 Å². The lowest BCUT2D eigenvalue weighted by Crippen LogP contribution is -2.32. The summed E-state index contributed by atoms with van der Waals surface area (Å²) in [6, 6.07) is 9.42. The standard InChI is InChI=1S/C18H21ClN2O2.ClH/c19-15-7-5-13(6-8-15)17(12-3-1-2-4-12)21-18(22)14-9-16(10-20)23-11-14;/h5-9,11-12,17H,1-4,10,20H2,(H,21,22);1H. The Morgan fingerprint density at radius 2 is 1.96 bits per heavy atom. The van der Waals surface area contributed by atoms with E-state index in [1.165, 1.54) is 19.1 Å².